The molecular formula is C30H20F4N2O6. The van der Waals surface area contributed by atoms with Crippen molar-refractivity contribution in [1.29, 1.82) is 0 Å². The summed E-state index contributed by atoms with van der Waals surface area (Å²) in [5.74, 6) is -9.24. The van der Waals surface area contributed by atoms with Gasteiger partial charge >= 0.3 is 0 Å². The molecule has 42 heavy (non-hydrogen) atoms. The van der Waals surface area contributed by atoms with Gasteiger partial charge in [0.25, 0.3) is 0 Å². The molecule has 0 bridgehead atoms. The number of rotatable bonds is 8. The van der Waals surface area contributed by atoms with E-state index in [0.29, 0.717) is 11.5 Å². The number of ether oxygens (including phenoxy) is 4. The van der Waals surface area contributed by atoms with E-state index in [9.17, 15) is 27.8 Å². The SMILES string of the molecule is Nc1cc(Oc2ccc(Oc3c(F)c(F)c(Oc4ccc(Oc5ccc(O)c(N)c5)cc4)c(F)c3F)cc2)ccc1O. The Morgan fingerprint density at radius 3 is 0.952 bits per heavy atom. The number of phenols is 2. The third-order valence-corrected chi connectivity index (χ3v) is 5.74. The third kappa shape index (κ3) is 5.87. The lowest BCUT2D eigenvalue weighted by atomic mass is 10.2. The van der Waals surface area contributed by atoms with Crippen LogP contribution in [0, 0.1) is 23.3 Å². The van der Waals surface area contributed by atoms with Gasteiger partial charge in [0.2, 0.25) is 34.8 Å². The molecule has 12 heteroatoms. The monoisotopic (exact) mass is 580 g/mol. The van der Waals surface area contributed by atoms with Crippen molar-refractivity contribution < 1.29 is 46.7 Å². The summed E-state index contributed by atoms with van der Waals surface area (Å²) in [5.41, 5.74) is 11.4. The molecule has 8 nitrogen and oxygen atoms in total. The first-order chi connectivity index (χ1) is 20.1. The summed E-state index contributed by atoms with van der Waals surface area (Å²) in [6, 6.07) is 18.9. The van der Waals surface area contributed by atoms with Crippen LogP contribution in [0.2, 0.25) is 0 Å². The van der Waals surface area contributed by atoms with Crippen molar-refractivity contribution in [3.05, 3.63) is 108 Å². The molecule has 0 saturated carbocycles. The summed E-state index contributed by atoms with van der Waals surface area (Å²) in [7, 11) is 0. The lowest BCUT2D eigenvalue weighted by Gasteiger charge is -2.14. The molecule has 214 valence electrons. The third-order valence-electron chi connectivity index (χ3n) is 5.74. The number of halogens is 4. The number of anilines is 2. The molecule has 0 aliphatic heterocycles. The van der Waals surface area contributed by atoms with Crippen LogP contribution in [0.1, 0.15) is 0 Å². The maximum Gasteiger partial charge on any atom is 0.208 e. The Hall–Kier alpha value is -5.78. The Kier molecular flexibility index (Phi) is 7.52. The molecule has 0 aliphatic rings. The molecule has 0 amide bonds. The highest BCUT2D eigenvalue weighted by atomic mass is 19.2. The summed E-state index contributed by atoms with van der Waals surface area (Å²) in [6.07, 6.45) is 0. The zero-order valence-corrected chi connectivity index (χ0v) is 21.3. The highest BCUT2D eigenvalue weighted by Crippen LogP contribution is 2.40. The topological polar surface area (TPSA) is 129 Å². The molecule has 5 aromatic rings. The van der Waals surface area contributed by atoms with Gasteiger partial charge in [-0.1, -0.05) is 0 Å². The first-order valence-electron chi connectivity index (χ1n) is 12.0. The van der Waals surface area contributed by atoms with E-state index in [1.807, 2.05) is 0 Å². The number of aromatic hydroxyl groups is 2. The fourth-order valence-corrected chi connectivity index (χ4v) is 3.62. The van der Waals surface area contributed by atoms with E-state index in [-0.39, 0.29) is 45.9 Å². The summed E-state index contributed by atoms with van der Waals surface area (Å²) in [4.78, 5) is 0. The van der Waals surface area contributed by atoms with Crippen molar-refractivity contribution in [2.75, 3.05) is 11.5 Å². The fourth-order valence-electron chi connectivity index (χ4n) is 3.62. The Morgan fingerprint density at radius 2 is 0.667 bits per heavy atom. The summed E-state index contributed by atoms with van der Waals surface area (Å²) in [5, 5.41) is 19.0. The minimum absolute atomic E-state index is 0.0949. The van der Waals surface area contributed by atoms with E-state index in [4.69, 9.17) is 30.4 Å². The van der Waals surface area contributed by atoms with Gasteiger partial charge in [-0.15, -0.1) is 0 Å². The average molecular weight is 580 g/mol. The first-order valence-corrected chi connectivity index (χ1v) is 12.0. The van der Waals surface area contributed by atoms with Crippen LogP contribution in [0.5, 0.6) is 57.5 Å². The van der Waals surface area contributed by atoms with E-state index in [0.717, 1.165) is 0 Å². The largest absolute Gasteiger partial charge is 0.506 e. The predicted molar refractivity (Wildman–Crippen MR) is 144 cm³/mol. The van der Waals surface area contributed by atoms with Gasteiger partial charge in [-0.2, -0.15) is 17.6 Å². The molecule has 5 aromatic carbocycles. The second kappa shape index (κ2) is 11.4. The molecule has 0 heterocycles. The Balaban J connectivity index is 1.29. The fraction of sp³-hybridized carbons (Fsp3) is 0. The number of benzene rings is 5. The summed E-state index contributed by atoms with van der Waals surface area (Å²) in [6.45, 7) is 0. The molecule has 0 aromatic heterocycles. The van der Waals surface area contributed by atoms with E-state index in [2.05, 4.69) is 0 Å². The smallest absolute Gasteiger partial charge is 0.208 e. The number of hydrogen-bond acceptors (Lipinski definition) is 8. The van der Waals surface area contributed by atoms with Crippen molar-refractivity contribution in [2.24, 2.45) is 0 Å². The number of nitrogens with two attached hydrogens (primary N) is 2. The molecule has 0 spiro atoms. The normalized spacial score (nSPS) is 10.8. The Labute approximate surface area is 235 Å². The van der Waals surface area contributed by atoms with Gasteiger partial charge in [0.1, 0.15) is 46.0 Å². The molecule has 5 rings (SSSR count). The second-order valence-corrected chi connectivity index (χ2v) is 8.71. The van der Waals surface area contributed by atoms with Gasteiger partial charge in [0.05, 0.1) is 11.4 Å². The van der Waals surface area contributed by atoms with E-state index in [1.165, 1.54) is 84.9 Å². The average Bonchev–Trinajstić information content (AvgIpc) is 2.98. The van der Waals surface area contributed by atoms with Crippen molar-refractivity contribution in [2.45, 2.75) is 0 Å². The molecule has 0 aliphatic carbocycles. The van der Waals surface area contributed by atoms with Crippen molar-refractivity contribution in [1.82, 2.24) is 0 Å². The van der Waals surface area contributed by atoms with E-state index >= 15 is 0 Å². The van der Waals surface area contributed by atoms with Crippen molar-refractivity contribution >= 4 is 11.4 Å². The zero-order chi connectivity index (χ0) is 30.0. The van der Waals surface area contributed by atoms with E-state index < -0.39 is 34.8 Å². The van der Waals surface area contributed by atoms with E-state index in [1.54, 1.807) is 0 Å². The van der Waals surface area contributed by atoms with Gasteiger partial charge in [0.15, 0.2) is 0 Å². The Morgan fingerprint density at radius 1 is 0.405 bits per heavy atom. The minimum Gasteiger partial charge on any atom is -0.506 e. The molecular weight excluding hydrogens is 560 g/mol. The molecule has 0 atom stereocenters. The maximum absolute atomic E-state index is 14.8. The highest BCUT2D eigenvalue weighted by Gasteiger charge is 2.29. The summed E-state index contributed by atoms with van der Waals surface area (Å²) < 4.78 is 80.6. The van der Waals surface area contributed by atoms with Crippen LogP contribution in [0.4, 0.5) is 28.9 Å². The summed E-state index contributed by atoms with van der Waals surface area (Å²) >= 11 is 0. The highest BCUT2D eigenvalue weighted by molar-refractivity contribution is 5.57. The van der Waals surface area contributed by atoms with Crippen LogP contribution < -0.4 is 30.4 Å². The van der Waals surface area contributed by atoms with Crippen LogP contribution in [0.15, 0.2) is 84.9 Å². The second-order valence-electron chi connectivity index (χ2n) is 8.71. The number of hydrogen-bond donors (Lipinski definition) is 4. The lowest BCUT2D eigenvalue weighted by Crippen LogP contribution is -2.04. The van der Waals surface area contributed by atoms with Gasteiger partial charge in [0, 0.05) is 12.1 Å². The minimum atomic E-state index is -1.81. The van der Waals surface area contributed by atoms with Gasteiger partial charge in [-0.3, -0.25) is 0 Å². The quantitative estimate of drug-likeness (QED) is 0.0629. The van der Waals surface area contributed by atoms with Crippen molar-refractivity contribution in [3.8, 4) is 57.5 Å². The van der Waals surface area contributed by atoms with Crippen LogP contribution >= 0.6 is 0 Å². The Bertz CT molecular complexity index is 1610. The van der Waals surface area contributed by atoms with Gasteiger partial charge < -0.3 is 40.6 Å². The van der Waals surface area contributed by atoms with Crippen molar-refractivity contribution in [3.63, 3.8) is 0 Å². The molecule has 0 radical (unpaired) electrons. The molecule has 0 unspecified atom stereocenters. The predicted octanol–water partition coefficient (Wildman–Crippen LogP) is 7.99. The van der Waals surface area contributed by atoms with Crippen LogP contribution in [-0.2, 0) is 0 Å². The van der Waals surface area contributed by atoms with Crippen LogP contribution in [-0.4, -0.2) is 10.2 Å². The molecule has 0 saturated heterocycles. The van der Waals surface area contributed by atoms with Gasteiger partial charge in [-0.05, 0) is 72.8 Å². The van der Waals surface area contributed by atoms with Crippen LogP contribution in [0.3, 0.4) is 0 Å². The lowest BCUT2D eigenvalue weighted by molar-refractivity contribution is 0.330. The van der Waals surface area contributed by atoms with Crippen LogP contribution in [0.25, 0.3) is 0 Å². The molecule has 6 N–H and O–H groups in total. The maximum atomic E-state index is 14.8. The number of phenolic OH excluding ortho intramolecular Hbond substituents is 2. The zero-order valence-electron chi connectivity index (χ0n) is 21.3. The molecule has 0 fully saturated rings. The first kappa shape index (κ1) is 27.8. The number of nitrogen functional groups attached to an aromatic ring is 2. The standard InChI is InChI=1S/C30H20F4N2O6/c31-25-27(33)30(42-18-7-3-16(4-8-18)40-20-10-12-24(38)22(36)14-20)28(34)26(32)29(25)41-17-5-1-15(2-6-17)39-19-9-11-23(37)21(35)13-19/h1-14,37-38H,35-36H2. The van der Waals surface area contributed by atoms with Gasteiger partial charge in [-0.25, -0.2) is 0 Å².